The van der Waals surface area contributed by atoms with Gasteiger partial charge < -0.3 is 10.5 Å². The van der Waals surface area contributed by atoms with Crippen molar-refractivity contribution in [3.05, 3.63) is 0 Å². The average molecular weight is 213 g/mol. The third-order valence-corrected chi connectivity index (χ3v) is 4.15. The van der Waals surface area contributed by atoms with E-state index in [1.807, 2.05) is 6.92 Å². The molecule has 2 nitrogen and oxygen atoms in total. The molecule has 0 saturated heterocycles. The molecule has 0 aromatic rings. The van der Waals surface area contributed by atoms with Crippen LogP contribution in [0, 0.1) is 17.8 Å². The monoisotopic (exact) mass is 213 g/mol. The Kier molecular flexibility index (Phi) is 5.07. The number of hydrogen-bond acceptors (Lipinski definition) is 2. The molecule has 1 fully saturated rings. The van der Waals surface area contributed by atoms with E-state index in [0.29, 0.717) is 5.92 Å². The van der Waals surface area contributed by atoms with Crippen LogP contribution in [0.3, 0.4) is 0 Å². The Balaban J connectivity index is 2.43. The van der Waals surface area contributed by atoms with Crippen molar-refractivity contribution in [1.29, 1.82) is 0 Å². The fourth-order valence-electron chi connectivity index (χ4n) is 2.70. The zero-order valence-corrected chi connectivity index (χ0v) is 10.7. The zero-order chi connectivity index (χ0) is 11.4. The molecule has 1 saturated carbocycles. The second-order valence-electron chi connectivity index (χ2n) is 5.27. The summed E-state index contributed by atoms with van der Waals surface area (Å²) in [5, 5.41) is 0. The van der Waals surface area contributed by atoms with Gasteiger partial charge in [0.1, 0.15) is 0 Å². The van der Waals surface area contributed by atoms with Crippen molar-refractivity contribution in [3.8, 4) is 0 Å². The summed E-state index contributed by atoms with van der Waals surface area (Å²) in [5.41, 5.74) is 6.26. The van der Waals surface area contributed by atoms with Gasteiger partial charge in [0.2, 0.25) is 0 Å². The van der Waals surface area contributed by atoms with Crippen molar-refractivity contribution in [2.24, 2.45) is 23.5 Å². The molecule has 2 N–H and O–H groups in total. The van der Waals surface area contributed by atoms with Gasteiger partial charge in [-0.25, -0.2) is 0 Å². The summed E-state index contributed by atoms with van der Waals surface area (Å²) in [6, 6.07) is 0.222. The SMILES string of the molecule is CCOC(C)C(N)C1CCC(C)C(C)C1. The lowest BCUT2D eigenvalue weighted by molar-refractivity contribution is 0.0282. The topological polar surface area (TPSA) is 35.2 Å². The minimum atomic E-state index is 0.209. The molecular formula is C13H27NO. The molecule has 5 atom stereocenters. The third-order valence-electron chi connectivity index (χ3n) is 4.15. The smallest absolute Gasteiger partial charge is 0.0700 e. The van der Waals surface area contributed by atoms with E-state index < -0.39 is 0 Å². The molecular weight excluding hydrogens is 186 g/mol. The van der Waals surface area contributed by atoms with Crippen molar-refractivity contribution in [1.82, 2.24) is 0 Å². The molecule has 0 aromatic carbocycles. The maximum atomic E-state index is 6.26. The van der Waals surface area contributed by atoms with Gasteiger partial charge in [-0.3, -0.25) is 0 Å². The first-order valence-electron chi connectivity index (χ1n) is 6.43. The molecule has 1 aliphatic rings. The molecule has 5 unspecified atom stereocenters. The molecule has 0 heterocycles. The zero-order valence-electron chi connectivity index (χ0n) is 10.7. The Bertz CT molecular complexity index is 183. The highest BCUT2D eigenvalue weighted by molar-refractivity contribution is 4.84. The Morgan fingerprint density at radius 2 is 1.93 bits per heavy atom. The van der Waals surface area contributed by atoms with E-state index in [9.17, 15) is 0 Å². The van der Waals surface area contributed by atoms with Crippen LogP contribution in [0.2, 0.25) is 0 Å². The molecule has 2 heteroatoms. The van der Waals surface area contributed by atoms with Gasteiger partial charge in [-0.05, 0) is 44.4 Å². The minimum absolute atomic E-state index is 0.209. The molecule has 15 heavy (non-hydrogen) atoms. The van der Waals surface area contributed by atoms with Crippen LogP contribution in [0.5, 0.6) is 0 Å². The second-order valence-corrected chi connectivity index (χ2v) is 5.27. The molecule has 0 bridgehead atoms. The van der Waals surface area contributed by atoms with Crippen molar-refractivity contribution < 1.29 is 4.74 Å². The first-order chi connectivity index (χ1) is 7.06. The third kappa shape index (κ3) is 3.46. The van der Waals surface area contributed by atoms with Crippen LogP contribution in [-0.2, 0) is 4.74 Å². The van der Waals surface area contributed by atoms with Crippen molar-refractivity contribution in [3.63, 3.8) is 0 Å². The van der Waals surface area contributed by atoms with Crippen LogP contribution in [-0.4, -0.2) is 18.8 Å². The van der Waals surface area contributed by atoms with Gasteiger partial charge in [0.05, 0.1) is 6.10 Å². The molecule has 0 aromatic heterocycles. The van der Waals surface area contributed by atoms with Gasteiger partial charge in [-0.1, -0.05) is 20.3 Å². The lowest BCUT2D eigenvalue weighted by Crippen LogP contribution is -2.43. The van der Waals surface area contributed by atoms with E-state index in [0.717, 1.165) is 18.4 Å². The molecule has 1 aliphatic carbocycles. The van der Waals surface area contributed by atoms with Gasteiger partial charge in [0, 0.05) is 12.6 Å². The van der Waals surface area contributed by atoms with E-state index in [-0.39, 0.29) is 12.1 Å². The summed E-state index contributed by atoms with van der Waals surface area (Å²) in [7, 11) is 0. The Morgan fingerprint density at radius 3 is 2.47 bits per heavy atom. The van der Waals surface area contributed by atoms with Crippen LogP contribution < -0.4 is 5.73 Å². The van der Waals surface area contributed by atoms with E-state index in [1.54, 1.807) is 0 Å². The number of ether oxygens (including phenoxy) is 1. The maximum absolute atomic E-state index is 6.26. The van der Waals surface area contributed by atoms with Crippen LogP contribution in [0.25, 0.3) is 0 Å². The fourth-order valence-corrected chi connectivity index (χ4v) is 2.70. The quantitative estimate of drug-likeness (QED) is 0.779. The predicted molar refractivity (Wildman–Crippen MR) is 64.7 cm³/mol. The molecule has 0 amide bonds. The lowest BCUT2D eigenvalue weighted by Gasteiger charge is -2.37. The van der Waals surface area contributed by atoms with Crippen molar-refractivity contribution >= 4 is 0 Å². The van der Waals surface area contributed by atoms with Gasteiger partial charge >= 0.3 is 0 Å². The second kappa shape index (κ2) is 5.86. The summed E-state index contributed by atoms with van der Waals surface area (Å²) in [6.07, 6.45) is 4.10. The van der Waals surface area contributed by atoms with Crippen LogP contribution in [0.15, 0.2) is 0 Å². The van der Waals surface area contributed by atoms with Crippen LogP contribution in [0.1, 0.15) is 47.0 Å². The Morgan fingerprint density at radius 1 is 1.27 bits per heavy atom. The van der Waals surface area contributed by atoms with Crippen molar-refractivity contribution in [2.75, 3.05) is 6.61 Å². The maximum Gasteiger partial charge on any atom is 0.0700 e. The molecule has 1 rings (SSSR count). The van der Waals surface area contributed by atoms with Crippen molar-refractivity contribution in [2.45, 2.75) is 59.1 Å². The highest BCUT2D eigenvalue weighted by atomic mass is 16.5. The first-order valence-corrected chi connectivity index (χ1v) is 6.43. The molecule has 0 spiro atoms. The van der Waals surface area contributed by atoms with Gasteiger partial charge in [-0.2, -0.15) is 0 Å². The summed E-state index contributed by atoms with van der Waals surface area (Å²) < 4.78 is 5.59. The van der Waals surface area contributed by atoms with Crippen LogP contribution in [0.4, 0.5) is 0 Å². The van der Waals surface area contributed by atoms with Gasteiger partial charge in [0.25, 0.3) is 0 Å². The predicted octanol–water partition coefficient (Wildman–Crippen LogP) is 2.81. The molecule has 0 radical (unpaired) electrons. The first kappa shape index (κ1) is 13.0. The van der Waals surface area contributed by atoms with E-state index in [4.69, 9.17) is 10.5 Å². The highest BCUT2D eigenvalue weighted by Gasteiger charge is 2.30. The lowest BCUT2D eigenvalue weighted by atomic mass is 9.72. The summed E-state index contributed by atoms with van der Waals surface area (Å²) in [5.74, 6) is 2.36. The van der Waals surface area contributed by atoms with Gasteiger partial charge in [-0.15, -0.1) is 0 Å². The molecule has 90 valence electrons. The standard InChI is InChI=1S/C13H27NO/c1-5-15-11(4)13(14)12-7-6-9(2)10(3)8-12/h9-13H,5-8,14H2,1-4H3. The molecule has 0 aliphatic heterocycles. The number of hydrogen-bond donors (Lipinski definition) is 1. The average Bonchev–Trinajstić information content (AvgIpc) is 2.21. The van der Waals surface area contributed by atoms with E-state index >= 15 is 0 Å². The summed E-state index contributed by atoms with van der Waals surface area (Å²) in [4.78, 5) is 0. The van der Waals surface area contributed by atoms with Crippen LogP contribution >= 0.6 is 0 Å². The summed E-state index contributed by atoms with van der Waals surface area (Å²) in [6.45, 7) is 9.63. The Hall–Kier alpha value is -0.0800. The largest absolute Gasteiger partial charge is 0.377 e. The van der Waals surface area contributed by atoms with Gasteiger partial charge in [0.15, 0.2) is 0 Å². The minimum Gasteiger partial charge on any atom is -0.377 e. The fraction of sp³-hybridized carbons (Fsp3) is 1.00. The summed E-state index contributed by atoms with van der Waals surface area (Å²) >= 11 is 0. The number of rotatable bonds is 4. The van der Waals surface area contributed by atoms with E-state index in [2.05, 4.69) is 20.8 Å². The highest BCUT2D eigenvalue weighted by Crippen LogP contribution is 2.35. The van der Waals surface area contributed by atoms with E-state index in [1.165, 1.54) is 19.3 Å². The Labute approximate surface area is 94.6 Å². The number of nitrogens with two attached hydrogens (primary N) is 1. The normalized spacial score (nSPS) is 36.2.